The van der Waals surface area contributed by atoms with Gasteiger partial charge >= 0.3 is 17.9 Å². The molecule has 0 aliphatic rings. The number of ether oxygens (including phenoxy) is 3. The third kappa shape index (κ3) is 63.0. The summed E-state index contributed by atoms with van der Waals surface area (Å²) in [6.07, 6.45) is 87.1. The molecule has 0 bridgehead atoms. The van der Waals surface area contributed by atoms with Crippen molar-refractivity contribution >= 4 is 17.9 Å². The highest BCUT2D eigenvalue weighted by molar-refractivity contribution is 5.71. The molecule has 0 aromatic heterocycles. The monoisotopic (exact) mass is 1070 g/mol. The maximum absolute atomic E-state index is 12.9. The molecular formula is C71H122O6. The Labute approximate surface area is 477 Å². The summed E-state index contributed by atoms with van der Waals surface area (Å²) in [5.74, 6) is -0.898. The SMILES string of the molecule is CC/C=C\C/C=C\C/C=C\C/C=C\C/C=C\C/C=C\C/C=C\C/C=C\CCCCCCC(=O)OCC(COC(=O)CCCCCCCCCCC)OC(=O)CCCCCCCCCCCCCCCCCCCCCCC. The number of hydrogen-bond acceptors (Lipinski definition) is 6. The molecule has 0 rings (SSSR count). The highest BCUT2D eigenvalue weighted by Gasteiger charge is 2.19. The predicted molar refractivity (Wildman–Crippen MR) is 334 cm³/mol. The normalized spacial score (nSPS) is 12.7. The van der Waals surface area contributed by atoms with Crippen LogP contribution in [0.2, 0.25) is 0 Å². The van der Waals surface area contributed by atoms with Gasteiger partial charge in [-0.15, -0.1) is 0 Å². The van der Waals surface area contributed by atoms with Gasteiger partial charge in [0.05, 0.1) is 0 Å². The molecular weight excluding hydrogens is 949 g/mol. The number of rotatable bonds is 59. The van der Waals surface area contributed by atoms with Gasteiger partial charge in [-0.2, -0.15) is 0 Å². The standard InChI is InChI=1S/C71H122O6/c1-4-7-10-13-16-19-21-23-25-27-29-31-32-33-34-35-36-37-38-40-41-43-45-47-49-52-55-58-61-64-70(73)76-67-68(66-75-69(72)63-60-57-54-51-18-15-12-9-6-3)77-71(74)65-62-59-56-53-50-48-46-44-42-39-30-28-26-24-22-20-17-14-11-8-5-2/h7,10,16,19,23,25,29,31,33-34,36-37,40-41,45,47,68H,4-6,8-9,11-15,17-18,20-22,24,26-28,30,32,35,38-39,42-44,46,48-67H2,1-3H3/b10-7-,19-16-,25-23-,31-29-,34-33-,37-36-,41-40-,47-45-. The van der Waals surface area contributed by atoms with Crippen LogP contribution in [0.3, 0.4) is 0 Å². The van der Waals surface area contributed by atoms with E-state index in [4.69, 9.17) is 14.2 Å². The number of allylic oxidation sites excluding steroid dienone is 16. The summed E-state index contributed by atoms with van der Waals surface area (Å²) in [6.45, 7) is 6.52. The molecule has 442 valence electrons. The molecule has 0 saturated carbocycles. The van der Waals surface area contributed by atoms with Crippen molar-refractivity contribution in [2.45, 2.75) is 322 Å². The van der Waals surface area contributed by atoms with E-state index in [0.717, 1.165) is 122 Å². The lowest BCUT2D eigenvalue weighted by Crippen LogP contribution is -2.30. The molecule has 6 heteroatoms. The lowest BCUT2D eigenvalue weighted by molar-refractivity contribution is -0.167. The second-order valence-electron chi connectivity index (χ2n) is 21.7. The van der Waals surface area contributed by atoms with E-state index in [-0.39, 0.29) is 31.1 Å². The zero-order valence-corrected chi connectivity index (χ0v) is 50.7. The summed E-state index contributed by atoms with van der Waals surface area (Å²) >= 11 is 0. The molecule has 0 saturated heterocycles. The quantitative estimate of drug-likeness (QED) is 0.0261. The van der Waals surface area contributed by atoms with E-state index in [0.29, 0.717) is 19.3 Å². The molecule has 0 N–H and O–H groups in total. The van der Waals surface area contributed by atoms with E-state index >= 15 is 0 Å². The maximum atomic E-state index is 12.9. The van der Waals surface area contributed by atoms with Gasteiger partial charge in [0.2, 0.25) is 0 Å². The predicted octanol–water partition coefficient (Wildman–Crippen LogP) is 22.4. The largest absolute Gasteiger partial charge is 0.462 e. The highest BCUT2D eigenvalue weighted by atomic mass is 16.6. The van der Waals surface area contributed by atoms with Crippen LogP contribution in [-0.4, -0.2) is 37.2 Å². The minimum atomic E-state index is -0.785. The lowest BCUT2D eigenvalue weighted by atomic mass is 10.0. The molecule has 1 unspecified atom stereocenters. The van der Waals surface area contributed by atoms with Crippen molar-refractivity contribution in [3.63, 3.8) is 0 Å². The molecule has 0 aliphatic carbocycles. The van der Waals surface area contributed by atoms with Crippen LogP contribution in [0.5, 0.6) is 0 Å². The topological polar surface area (TPSA) is 78.9 Å². The number of carbonyl (C=O) groups is 3. The van der Waals surface area contributed by atoms with Crippen LogP contribution in [0.25, 0.3) is 0 Å². The number of hydrogen-bond donors (Lipinski definition) is 0. The van der Waals surface area contributed by atoms with E-state index < -0.39 is 6.10 Å². The van der Waals surface area contributed by atoms with Gasteiger partial charge in [0.1, 0.15) is 13.2 Å². The molecule has 0 aliphatic heterocycles. The molecule has 0 spiro atoms. The summed E-state index contributed by atoms with van der Waals surface area (Å²) in [5, 5.41) is 0. The van der Waals surface area contributed by atoms with Gasteiger partial charge < -0.3 is 14.2 Å². The lowest BCUT2D eigenvalue weighted by Gasteiger charge is -2.18. The Kier molecular flexibility index (Phi) is 61.8. The summed E-state index contributed by atoms with van der Waals surface area (Å²) in [4.78, 5) is 38.2. The zero-order chi connectivity index (χ0) is 55.7. The van der Waals surface area contributed by atoms with Crippen molar-refractivity contribution < 1.29 is 28.6 Å². The van der Waals surface area contributed by atoms with Crippen LogP contribution >= 0.6 is 0 Å². The molecule has 6 nitrogen and oxygen atoms in total. The van der Waals surface area contributed by atoms with Crippen molar-refractivity contribution in [3.8, 4) is 0 Å². The maximum Gasteiger partial charge on any atom is 0.306 e. The second kappa shape index (κ2) is 64.9. The Bertz CT molecular complexity index is 1510. The third-order valence-electron chi connectivity index (χ3n) is 14.1. The van der Waals surface area contributed by atoms with Gasteiger partial charge in [0.15, 0.2) is 6.10 Å². The van der Waals surface area contributed by atoms with Crippen molar-refractivity contribution in [2.75, 3.05) is 13.2 Å². The Morgan fingerprint density at radius 1 is 0.273 bits per heavy atom. The number of carbonyl (C=O) groups excluding carboxylic acids is 3. The Morgan fingerprint density at radius 2 is 0.506 bits per heavy atom. The second-order valence-corrected chi connectivity index (χ2v) is 21.7. The molecule has 0 aromatic carbocycles. The number of unbranched alkanes of at least 4 members (excludes halogenated alkanes) is 32. The van der Waals surface area contributed by atoms with E-state index in [1.165, 1.54) is 154 Å². The molecule has 1 atom stereocenters. The smallest absolute Gasteiger partial charge is 0.306 e. The summed E-state index contributed by atoms with van der Waals surface area (Å²) in [6, 6.07) is 0. The van der Waals surface area contributed by atoms with E-state index in [9.17, 15) is 14.4 Å². The zero-order valence-electron chi connectivity index (χ0n) is 50.7. The molecule has 0 heterocycles. The van der Waals surface area contributed by atoms with Crippen LogP contribution < -0.4 is 0 Å². The fourth-order valence-corrected chi connectivity index (χ4v) is 9.23. The summed E-state index contributed by atoms with van der Waals surface area (Å²) in [5.41, 5.74) is 0. The fourth-order valence-electron chi connectivity index (χ4n) is 9.23. The molecule has 0 aromatic rings. The molecule has 0 radical (unpaired) electrons. The molecule has 0 fully saturated rings. The van der Waals surface area contributed by atoms with Crippen molar-refractivity contribution in [1.29, 1.82) is 0 Å². The number of esters is 3. The fraction of sp³-hybridized carbons (Fsp3) is 0.732. The van der Waals surface area contributed by atoms with E-state index in [1.807, 2.05) is 0 Å². The van der Waals surface area contributed by atoms with Gasteiger partial charge in [0.25, 0.3) is 0 Å². The molecule has 77 heavy (non-hydrogen) atoms. The first-order valence-electron chi connectivity index (χ1n) is 32.7. The summed E-state index contributed by atoms with van der Waals surface area (Å²) in [7, 11) is 0. The first-order valence-corrected chi connectivity index (χ1v) is 32.7. The Hall–Kier alpha value is -3.67. The first kappa shape index (κ1) is 73.3. The van der Waals surface area contributed by atoms with Crippen LogP contribution in [0.15, 0.2) is 97.2 Å². The first-order chi connectivity index (χ1) is 38.0. The van der Waals surface area contributed by atoms with Gasteiger partial charge in [-0.3, -0.25) is 14.4 Å². The molecule has 0 amide bonds. The third-order valence-corrected chi connectivity index (χ3v) is 14.1. The minimum Gasteiger partial charge on any atom is -0.462 e. The Balaban J connectivity index is 4.26. The van der Waals surface area contributed by atoms with Crippen molar-refractivity contribution in [1.82, 2.24) is 0 Å². The minimum absolute atomic E-state index is 0.0820. The van der Waals surface area contributed by atoms with Gasteiger partial charge in [-0.25, -0.2) is 0 Å². The van der Waals surface area contributed by atoms with Crippen LogP contribution in [0.1, 0.15) is 316 Å². The Morgan fingerprint density at radius 3 is 0.792 bits per heavy atom. The van der Waals surface area contributed by atoms with Crippen LogP contribution in [-0.2, 0) is 28.6 Å². The van der Waals surface area contributed by atoms with Crippen molar-refractivity contribution in [3.05, 3.63) is 97.2 Å². The van der Waals surface area contributed by atoms with E-state index in [2.05, 4.69) is 118 Å². The van der Waals surface area contributed by atoms with Crippen molar-refractivity contribution in [2.24, 2.45) is 0 Å². The van der Waals surface area contributed by atoms with E-state index in [1.54, 1.807) is 0 Å². The van der Waals surface area contributed by atoms with Gasteiger partial charge in [0, 0.05) is 19.3 Å². The van der Waals surface area contributed by atoms with Gasteiger partial charge in [-0.1, -0.05) is 311 Å². The average molecular weight is 1070 g/mol. The van der Waals surface area contributed by atoms with Gasteiger partial charge in [-0.05, 0) is 83.5 Å². The van der Waals surface area contributed by atoms with Crippen LogP contribution in [0.4, 0.5) is 0 Å². The van der Waals surface area contributed by atoms with Crippen LogP contribution in [0, 0.1) is 0 Å². The average Bonchev–Trinajstić information content (AvgIpc) is 3.43. The highest BCUT2D eigenvalue weighted by Crippen LogP contribution is 2.17. The summed E-state index contributed by atoms with van der Waals surface area (Å²) < 4.78 is 16.9.